The van der Waals surface area contributed by atoms with Crippen LogP contribution in [0.25, 0.3) is 10.1 Å². The number of urea groups is 1. The van der Waals surface area contributed by atoms with E-state index in [1.54, 1.807) is 17.4 Å². The molecule has 0 bridgehead atoms. The van der Waals surface area contributed by atoms with Crippen molar-refractivity contribution in [3.05, 3.63) is 29.6 Å². The Balaban J connectivity index is 2.01. The summed E-state index contributed by atoms with van der Waals surface area (Å²) in [6.07, 6.45) is 1.10. The summed E-state index contributed by atoms with van der Waals surface area (Å²) in [5.74, 6) is -1.02. The molecule has 6 heteroatoms. The normalized spacial score (nSPS) is 12.1. The highest BCUT2D eigenvalue weighted by molar-refractivity contribution is 7.17. The summed E-state index contributed by atoms with van der Waals surface area (Å²) in [6, 6.07) is 6.20. The number of benzene rings is 1. The highest BCUT2D eigenvalue weighted by Gasteiger charge is 2.18. The maximum Gasteiger partial charge on any atom is 0.326 e. The zero-order valence-electron chi connectivity index (χ0n) is 11.1. The molecule has 2 rings (SSSR count). The molecule has 20 heavy (non-hydrogen) atoms. The van der Waals surface area contributed by atoms with Crippen molar-refractivity contribution in [1.82, 2.24) is 5.32 Å². The van der Waals surface area contributed by atoms with Gasteiger partial charge >= 0.3 is 12.0 Å². The zero-order chi connectivity index (χ0) is 14.5. The molecule has 0 spiro atoms. The first-order valence-electron chi connectivity index (χ1n) is 6.37. The van der Waals surface area contributed by atoms with Crippen LogP contribution in [0.3, 0.4) is 0 Å². The molecule has 0 fully saturated rings. The number of carboxylic acids is 1. The minimum Gasteiger partial charge on any atom is -0.480 e. The van der Waals surface area contributed by atoms with Crippen LogP contribution < -0.4 is 10.6 Å². The van der Waals surface area contributed by atoms with Crippen molar-refractivity contribution < 1.29 is 14.7 Å². The molecular weight excluding hydrogens is 276 g/mol. The van der Waals surface area contributed by atoms with E-state index >= 15 is 0 Å². The lowest BCUT2D eigenvalue weighted by molar-refractivity contribution is -0.139. The molecule has 0 unspecified atom stereocenters. The monoisotopic (exact) mass is 292 g/mol. The fraction of sp³-hybridized carbons (Fsp3) is 0.286. The molecule has 3 N–H and O–H groups in total. The predicted molar refractivity (Wildman–Crippen MR) is 80.3 cm³/mol. The Hall–Kier alpha value is -2.08. The van der Waals surface area contributed by atoms with Crippen molar-refractivity contribution in [2.24, 2.45) is 0 Å². The van der Waals surface area contributed by atoms with Crippen molar-refractivity contribution in [2.75, 3.05) is 5.32 Å². The van der Waals surface area contributed by atoms with Gasteiger partial charge in [-0.1, -0.05) is 13.3 Å². The van der Waals surface area contributed by atoms with Gasteiger partial charge in [0.05, 0.1) is 0 Å². The number of anilines is 1. The fourth-order valence-electron chi connectivity index (χ4n) is 1.92. The molecule has 0 aliphatic rings. The number of thiophene rings is 1. The van der Waals surface area contributed by atoms with Crippen LogP contribution in [0.1, 0.15) is 19.8 Å². The SMILES string of the molecule is CCC[C@@H](NC(=O)Nc1ccc2sccc2c1)C(=O)O. The van der Waals surface area contributed by atoms with E-state index in [-0.39, 0.29) is 0 Å². The highest BCUT2D eigenvalue weighted by atomic mass is 32.1. The van der Waals surface area contributed by atoms with Crippen LogP contribution in [-0.2, 0) is 4.79 Å². The molecule has 1 heterocycles. The van der Waals surface area contributed by atoms with E-state index in [2.05, 4.69) is 10.6 Å². The first kappa shape index (κ1) is 14.3. The number of hydrogen-bond donors (Lipinski definition) is 3. The summed E-state index contributed by atoms with van der Waals surface area (Å²) >= 11 is 1.63. The van der Waals surface area contributed by atoms with Crippen LogP contribution in [0.4, 0.5) is 10.5 Å². The van der Waals surface area contributed by atoms with Gasteiger partial charge in [-0.3, -0.25) is 0 Å². The Bertz CT molecular complexity index is 624. The molecule has 1 aromatic carbocycles. The van der Waals surface area contributed by atoms with Gasteiger partial charge in [-0.2, -0.15) is 0 Å². The van der Waals surface area contributed by atoms with Gasteiger partial charge in [-0.05, 0) is 41.5 Å². The molecule has 0 radical (unpaired) electrons. The minimum atomic E-state index is -1.02. The summed E-state index contributed by atoms with van der Waals surface area (Å²) in [6.45, 7) is 1.88. The van der Waals surface area contributed by atoms with Crippen LogP contribution in [0.2, 0.25) is 0 Å². The van der Waals surface area contributed by atoms with Gasteiger partial charge < -0.3 is 15.7 Å². The maximum atomic E-state index is 11.8. The van der Waals surface area contributed by atoms with E-state index in [4.69, 9.17) is 5.11 Å². The zero-order valence-corrected chi connectivity index (χ0v) is 11.9. The van der Waals surface area contributed by atoms with E-state index < -0.39 is 18.0 Å². The standard InChI is InChI=1S/C14H16N2O3S/c1-2-3-11(13(17)18)16-14(19)15-10-4-5-12-9(8-10)6-7-20-12/h4-8,11H,2-3H2,1H3,(H,17,18)(H2,15,16,19)/t11-/m1/s1. The van der Waals surface area contributed by atoms with E-state index in [0.29, 0.717) is 18.5 Å². The Labute approximate surface area is 120 Å². The van der Waals surface area contributed by atoms with E-state index in [1.807, 2.05) is 30.5 Å². The lowest BCUT2D eigenvalue weighted by atomic mass is 10.2. The second-order valence-electron chi connectivity index (χ2n) is 4.45. The topological polar surface area (TPSA) is 78.4 Å². The van der Waals surface area contributed by atoms with E-state index in [1.165, 1.54) is 0 Å². The second-order valence-corrected chi connectivity index (χ2v) is 5.40. The van der Waals surface area contributed by atoms with Gasteiger partial charge in [-0.25, -0.2) is 9.59 Å². The Morgan fingerprint density at radius 1 is 1.35 bits per heavy atom. The first-order chi connectivity index (χ1) is 9.60. The average molecular weight is 292 g/mol. The highest BCUT2D eigenvalue weighted by Crippen LogP contribution is 2.23. The van der Waals surface area contributed by atoms with Crippen molar-refractivity contribution in [3.8, 4) is 0 Å². The quantitative estimate of drug-likeness (QED) is 0.791. The van der Waals surface area contributed by atoms with Gasteiger partial charge in [0.15, 0.2) is 0 Å². The summed E-state index contributed by atoms with van der Waals surface area (Å²) in [5, 5.41) is 17.1. The Morgan fingerprint density at radius 3 is 2.85 bits per heavy atom. The van der Waals surface area contributed by atoms with Gasteiger partial charge in [0, 0.05) is 10.4 Å². The third-order valence-corrected chi connectivity index (χ3v) is 3.79. The van der Waals surface area contributed by atoms with Crippen LogP contribution >= 0.6 is 11.3 Å². The smallest absolute Gasteiger partial charge is 0.326 e. The van der Waals surface area contributed by atoms with E-state index in [9.17, 15) is 9.59 Å². The van der Waals surface area contributed by atoms with Gasteiger partial charge in [0.25, 0.3) is 0 Å². The molecule has 1 aromatic heterocycles. The number of aliphatic carboxylic acids is 1. The Kier molecular flexibility index (Phi) is 4.57. The number of nitrogens with one attached hydrogen (secondary N) is 2. The number of carboxylic acid groups (broad SMARTS) is 1. The molecule has 5 nitrogen and oxygen atoms in total. The largest absolute Gasteiger partial charge is 0.480 e. The molecule has 0 aliphatic heterocycles. The minimum absolute atomic E-state index is 0.409. The van der Waals surface area contributed by atoms with Crippen LogP contribution in [0.15, 0.2) is 29.6 Å². The summed E-state index contributed by atoms with van der Waals surface area (Å²) in [4.78, 5) is 22.8. The molecule has 0 saturated carbocycles. The van der Waals surface area contributed by atoms with Gasteiger partial charge in [-0.15, -0.1) is 11.3 Å². The van der Waals surface area contributed by atoms with Gasteiger partial charge in [0.2, 0.25) is 0 Å². The summed E-state index contributed by atoms with van der Waals surface area (Å²) in [7, 11) is 0. The molecule has 0 saturated heterocycles. The number of hydrogen-bond acceptors (Lipinski definition) is 3. The molecule has 2 aromatic rings. The van der Waals surface area contributed by atoms with Gasteiger partial charge in [0.1, 0.15) is 6.04 Å². The van der Waals surface area contributed by atoms with Crippen LogP contribution in [0, 0.1) is 0 Å². The van der Waals surface area contributed by atoms with E-state index in [0.717, 1.165) is 10.1 Å². The van der Waals surface area contributed by atoms with Crippen molar-refractivity contribution in [3.63, 3.8) is 0 Å². The number of amides is 2. The lowest BCUT2D eigenvalue weighted by Crippen LogP contribution is -2.42. The van der Waals surface area contributed by atoms with Crippen LogP contribution in [0.5, 0.6) is 0 Å². The third-order valence-electron chi connectivity index (χ3n) is 2.89. The van der Waals surface area contributed by atoms with Crippen LogP contribution in [-0.4, -0.2) is 23.1 Å². The number of carbonyl (C=O) groups is 2. The third kappa shape index (κ3) is 3.48. The lowest BCUT2D eigenvalue weighted by Gasteiger charge is -2.14. The van der Waals surface area contributed by atoms with Crippen molar-refractivity contribution in [1.29, 1.82) is 0 Å². The molecule has 1 atom stereocenters. The number of fused-ring (bicyclic) bond motifs is 1. The number of carbonyl (C=O) groups excluding carboxylic acids is 1. The van der Waals surface area contributed by atoms with Crippen molar-refractivity contribution >= 4 is 39.1 Å². The molecule has 106 valence electrons. The molecular formula is C14H16N2O3S. The summed E-state index contributed by atoms with van der Waals surface area (Å²) in [5.41, 5.74) is 0.647. The maximum absolute atomic E-state index is 11.8. The number of rotatable bonds is 5. The first-order valence-corrected chi connectivity index (χ1v) is 7.25. The summed E-state index contributed by atoms with van der Waals surface area (Å²) < 4.78 is 1.14. The molecule has 2 amide bonds. The Morgan fingerprint density at radius 2 is 2.15 bits per heavy atom. The second kappa shape index (κ2) is 6.38. The predicted octanol–water partition coefficient (Wildman–Crippen LogP) is 3.28. The fourth-order valence-corrected chi connectivity index (χ4v) is 2.69. The van der Waals surface area contributed by atoms with Crippen molar-refractivity contribution in [2.45, 2.75) is 25.8 Å². The molecule has 0 aliphatic carbocycles. The average Bonchev–Trinajstić information content (AvgIpc) is 2.85.